The van der Waals surface area contributed by atoms with Crippen LogP contribution in [-0.2, 0) is 10.8 Å². The Labute approximate surface area is 140 Å². The van der Waals surface area contributed by atoms with Gasteiger partial charge in [0.05, 0.1) is 11.1 Å². The number of aromatic carboxylic acids is 2. The maximum Gasteiger partial charge on any atom is 0.335 e. The van der Waals surface area contributed by atoms with Crippen molar-refractivity contribution >= 4 is 11.9 Å². The monoisotopic (exact) mass is 324 g/mol. The highest BCUT2D eigenvalue weighted by molar-refractivity contribution is 5.92. The van der Waals surface area contributed by atoms with Crippen molar-refractivity contribution in [1.29, 1.82) is 0 Å². The molecule has 4 heteroatoms. The summed E-state index contributed by atoms with van der Waals surface area (Å²) < 4.78 is 0. The molecule has 4 nitrogen and oxygen atoms in total. The summed E-state index contributed by atoms with van der Waals surface area (Å²) in [6.07, 6.45) is 0.657. The van der Waals surface area contributed by atoms with Crippen LogP contribution in [0.3, 0.4) is 0 Å². The van der Waals surface area contributed by atoms with E-state index in [4.69, 9.17) is 0 Å². The van der Waals surface area contributed by atoms with Gasteiger partial charge in [0, 0.05) is 5.41 Å². The second kappa shape index (κ2) is 5.20. The van der Waals surface area contributed by atoms with E-state index in [0.717, 1.165) is 16.7 Å². The van der Waals surface area contributed by atoms with Gasteiger partial charge in [-0.1, -0.05) is 51.1 Å². The van der Waals surface area contributed by atoms with Crippen LogP contribution in [0, 0.1) is 0 Å². The fourth-order valence-corrected chi connectivity index (χ4v) is 4.38. The largest absolute Gasteiger partial charge is 0.478 e. The van der Waals surface area contributed by atoms with Gasteiger partial charge in [0.15, 0.2) is 0 Å². The number of carboxylic acid groups (broad SMARTS) is 2. The van der Waals surface area contributed by atoms with Crippen molar-refractivity contribution in [3.63, 3.8) is 0 Å². The first-order valence-corrected chi connectivity index (χ1v) is 7.88. The summed E-state index contributed by atoms with van der Waals surface area (Å²) in [6, 6.07) is 12.3. The van der Waals surface area contributed by atoms with E-state index in [-0.39, 0.29) is 11.0 Å². The number of hydrogen-bond donors (Lipinski definition) is 2. The standard InChI is InChI=1S/C20H20O4/c1-19(2)11-20(3,14-9-5-4-7-12(14)17(21)22)15-10-6-8-13(16(15)19)18(23)24/h4-10H,11H2,1-3H3,(H,21,22)(H,23,24). The lowest BCUT2D eigenvalue weighted by molar-refractivity contribution is 0.0683. The minimum absolute atomic E-state index is 0.268. The smallest absolute Gasteiger partial charge is 0.335 e. The molecule has 0 spiro atoms. The Kier molecular flexibility index (Phi) is 3.52. The van der Waals surface area contributed by atoms with Gasteiger partial charge in [0.1, 0.15) is 0 Å². The summed E-state index contributed by atoms with van der Waals surface area (Å²) in [4.78, 5) is 23.4. The van der Waals surface area contributed by atoms with Gasteiger partial charge in [-0.2, -0.15) is 0 Å². The van der Waals surface area contributed by atoms with Crippen LogP contribution in [0.25, 0.3) is 0 Å². The van der Waals surface area contributed by atoms with Gasteiger partial charge in [0.25, 0.3) is 0 Å². The van der Waals surface area contributed by atoms with Gasteiger partial charge >= 0.3 is 11.9 Å². The third-order valence-electron chi connectivity index (χ3n) is 5.11. The molecule has 0 bridgehead atoms. The molecule has 0 radical (unpaired) electrons. The van der Waals surface area contributed by atoms with Crippen LogP contribution in [-0.4, -0.2) is 22.2 Å². The first kappa shape index (κ1) is 16.2. The molecule has 0 fully saturated rings. The zero-order chi connectivity index (χ0) is 17.7. The summed E-state index contributed by atoms with van der Waals surface area (Å²) in [5, 5.41) is 19.1. The molecule has 1 atom stereocenters. The Morgan fingerprint density at radius 3 is 2.00 bits per heavy atom. The molecule has 1 aliphatic rings. The van der Waals surface area contributed by atoms with Crippen molar-refractivity contribution in [2.24, 2.45) is 0 Å². The average Bonchev–Trinajstić information content (AvgIpc) is 2.75. The highest BCUT2D eigenvalue weighted by Crippen LogP contribution is 2.54. The predicted octanol–water partition coefficient (Wildman–Crippen LogP) is 4.07. The van der Waals surface area contributed by atoms with Gasteiger partial charge in [-0.05, 0) is 40.7 Å². The molecule has 3 rings (SSSR count). The van der Waals surface area contributed by atoms with E-state index >= 15 is 0 Å². The lowest BCUT2D eigenvalue weighted by atomic mass is 9.73. The topological polar surface area (TPSA) is 74.6 Å². The van der Waals surface area contributed by atoms with Crippen LogP contribution in [0.2, 0.25) is 0 Å². The SMILES string of the molecule is CC1(C)CC(C)(c2ccccc2C(=O)O)c2cccc(C(=O)O)c21. The van der Waals surface area contributed by atoms with Gasteiger partial charge in [-0.15, -0.1) is 0 Å². The lowest BCUT2D eigenvalue weighted by Gasteiger charge is -2.29. The van der Waals surface area contributed by atoms with Crippen LogP contribution >= 0.6 is 0 Å². The molecule has 2 aromatic carbocycles. The summed E-state index contributed by atoms with van der Waals surface area (Å²) >= 11 is 0. The van der Waals surface area contributed by atoms with Crippen LogP contribution in [0.5, 0.6) is 0 Å². The highest BCUT2D eigenvalue weighted by atomic mass is 16.4. The third-order valence-corrected chi connectivity index (χ3v) is 5.11. The number of benzene rings is 2. The van der Waals surface area contributed by atoms with E-state index < -0.39 is 17.4 Å². The molecule has 124 valence electrons. The van der Waals surface area contributed by atoms with Gasteiger partial charge in [0.2, 0.25) is 0 Å². The summed E-state index contributed by atoms with van der Waals surface area (Å²) in [5.74, 6) is -1.91. The second-order valence-corrected chi connectivity index (χ2v) is 7.28. The van der Waals surface area contributed by atoms with E-state index in [1.807, 2.05) is 39.0 Å². The molecule has 0 amide bonds. The maximum atomic E-state index is 11.7. The van der Waals surface area contributed by atoms with Crippen LogP contribution < -0.4 is 0 Å². The molecule has 0 saturated carbocycles. The van der Waals surface area contributed by atoms with Crippen LogP contribution in [0.1, 0.15) is 64.6 Å². The van der Waals surface area contributed by atoms with Gasteiger partial charge in [-0.3, -0.25) is 0 Å². The number of carbonyl (C=O) groups is 2. The van der Waals surface area contributed by atoms with Gasteiger partial charge < -0.3 is 10.2 Å². The Morgan fingerprint density at radius 2 is 1.38 bits per heavy atom. The molecule has 24 heavy (non-hydrogen) atoms. The first-order chi connectivity index (χ1) is 11.2. The zero-order valence-corrected chi connectivity index (χ0v) is 14.0. The van der Waals surface area contributed by atoms with Crippen molar-refractivity contribution in [1.82, 2.24) is 0 Å². The Bertz CT molecular complexity index is 850. The summed E-state index contributed by atoms with van der Waals surface area (Å²) in [6.45, 7) is 6.05. The molecule has 2 aromatic rings. The minimum Gasteiger partial charge on any atom is -0.478 e. The van der Waals surface area contributed by atoms with Gasteiger partial charge in [-0.25, -0.2) is 9.59 Å². The fraction of sp³-hybridized carbons (Fsp3) is 0.300. The van der Waals surface area contributed by atoms with Crippen LogP contribution in [0.15, 0.2) is 42.5 Å². The van der Waals surface area contributed by atoms with E-state index in [2.05, 4.69) is 0 Å². The fourth-order valence-electron chi connectivity index (χ4n) is 4.38. The van der Waals surface area contributed by atoms with E-state index in [0.29, 0.717) is 12.0 Å². The normalized spacial score (nSPS) is 21.3. The Morgan fingerprint density at radius 1 is 0.833 bits per heavy atom. The quantitative estimate of drug-likeness (QED) is 0.892. The molecule has 0 aliphatic heterocycles. The molecule has 1 aliphatic carbocycles. The highest BCUT2D eigenvalue weighted by Gasteiger charge is 2.48. The Balaban J connectivity index is 2.33. The number of fused-ring (bicyclic) bond motifs is 1. The van der Waals surface area contributed by atoms with Crippen molar-refractivity contribution in [2.45, 2.75) is 38.0 Å². The molecule has 0 heterocycles. The first-order valence-electron chi connectivity index (χ1n) is 7.88. The zero-order valence-electron chi connectivity index (χ0n) is 14.0. The van der Waals surface area contributed by atoms with E-state index in [1.54, 1.807) is 24.3 Å². The van der Waals surface area contributed by atoms with E-state index in [9.17, 15) is 19.8 Å². The molecule has 2 N–H and O–H groups in total. The van der Waals surface area contributed by atoms with Crippen molar-refractivity contribution in [2.75, 3.05) is 0 Å². The maximum absolute atomic E-state index is 11.7. The minimum atomic E-state index is -0.965. The average molecular weight is 324 g/mol. The molecule has 0 saturated heterocycles. The molecule has 0 aromatic heterocycles. The summed E-state index contributed by atoms with van der Waals surface area (Å²) in [5.41, 5.74) is 2.11. The van der Waals surface area contributed by atoms with E-state index in [1.165, 1.54) is 0 Å². The Hall–Kier alpha value is -2.62. The predicted molar refractivity (Wildman–Crippen MR) is 90.9 cm³/mol. The number of rotatable bonds is 3. The number of hydrogen-bond acceptors (Lipinski definition) is 2. The van der Waals surface area contributed by atoms with Crippen molar-refractivity contribution < 1.29 is 19.8 Å². The summed E-state index contributed by atoms with van der Waals surface area (Å²) in [7, 11) is 0. The van der Waals surface area contributed by atoms with Crippen molar-refractivity contribution in [3.05, 3.63) is 70.3 Å². The number of carboxylic acids is 2. The molecule has 1 unspecified atom stereocenters. The van der Waals surface area contributed by atoms with Crippen LogP contribution in [0.4, 0.5) is 0 Å². The second-order valence-electron chi connectivity index (χ2n) is 7.28. The van der Waals surface area contributed by atoms with Crippen molar-refractivity contribution in [3.8, 4) is 0 Å². The molecular formula is C20H20O4. The third kappa shape index (κ3) is 2.21. The lowest BCUT2D eigenvalue weighted by Crippen LogP contribution is -2.26. The molecular weight excluding hydrogens is 304 g/mol.